The van der Waals surface area contributed by atoms with E-state index in [9.17, 15) is 9.59 Å². The topological polar surface area (TPSA) is 64.6 Å². The highest BCUT2D eigenvalue weighted by molar-refractivity contribution is 7.17. The number of hydrogen-bond acceptors (Lipinski definition) is 5. The number of amides is 1. The van der Waals surface area contributed by atoms with Gasteiger partial charge in [0.25, 0.3) is 5.91 Å². The molecule has 1 aliphatic carbocycles. The molecular formula is C20H22ClNO4S. The number of anilines is 1. The summed E-state index contributed by atoms with van der Waals surface area (Å²) in [6.45, 7) is 3.37. The van der Waals surface area contributed by atoms with Crippen LogP contribution in [0.15, 0.2) is 24.3 Å². The molecule has 7 heteroatoms. The van der Waals surface area contributed by atoms with Crippen LogP contribution in [0.4, 0.5) is 5.00 Å². The first kappa shape index (κ1) is 19.7. The molecule has 1 N–H and O–H groups in total. The number of hydrogen-bond donors (Lipinski definition) is 1. The number of carbonyl (C=O) groups excluding carboxylic acids is 2. The van der Waals surface area contributed by atoms with Crippen molar-refractivity contribution in [2.75, 3.05) is 12.4 Å². The van der Waals surface area contributed by atoms with E-state index in [0.717, 1.165) is 36.1 Å². The molecule has 0 spiro atoms. The molecule has 1 aliphatic rings. The number of halogens is 1. The lowest BCUT2D eigenvalue weighted by atomic mass is 9.95. The molecule has 1 amide bonds. The minimum atomic E-state index is -1.13. The maximum atomic E-state index is 12.9. The van der Waals surface area contributed by atoms with Crippen molar-refractivity contribution in [1.29, 1.82) is 0 Å². The normalized spacial score (nSPS) is 13.6. The Morgan fingerprint density at radius 1 is 1.15 bits per heavy atom. The summed E-state index contributed by atoms with van der Waals surface area (Å²) >= 11 is 7.34. The number of benzene rings is 1. The summed E-state index contributed by atoms with van der Waals surface area (Å²) in [5.74, 6) is -0.208. The van der Waals surface area contributed by atoms with E-state index in [-0.39, 0.29) is 5.91 Å². The summed E-state index contributed by atoms with van der Waals surface area (Å²) in [5.41, 5.74) is 0.351. The van der Waals surface area contributed by atoms with Gasteiger partial charge in [-0.1, -0.05) is 11.6 Å². The molecule has 0 saturated carbocycles. The molecule has 0 aliphatic heterocycles. The molecule has 0 fully saturated rings. The van der Waals surface area contributed by atoms with Gasteiger partial charge < -0.3 is 14.8 Å². The highest BCUT2D eigenvalue weighted by Gasteiger charge is 2.33. The van der Waals surface area contributed by atoms with Crippen molar-refractivity contribution in [3.05, 3.63) is 45.3 Å². The zero-order valence-electron chi connectivity index (χ0n) is 15.6. The number of carbonyl (C=O) groups is 2. The third kappa shape index (κ3) is 4.28. The lowest BCUT2D eigenvalue weighted by Gasteiger charge is -2.25. The number of thiophene rings is 1. The summed E-state index contributed by atoms with van der Waals surface area (Å²) in [6.07, 6.45) is 3.88. The van der Waals surface area contributed by atoms with Gasteiger partial charge in [0.05, 0.1) is 12.7 Å². The fourth-order valence-corrected chi connectivity index (χ4v) is 4.47. The second kappa shape index (κ2) is 7.90. The molecule has 0 radical (unpaired) electrons. The first-order chi connectivity index (χ1) is 12.8. The average molecular weight is 408 g/mol. The van der Waals surface area contributed by atoms with Crippen LogP contribution in [0.2, 0.25) is 5.02 Å². The molecule has 0 bridgehead atoms. The van der Waals surface area contributed by atoms with E-state index in [1.165, 1.54) is 18.4 Å². The number of nitrogens with one attached hydrogen (secondary N) is 1. The van der Waals surface area contributed by atoms with Gasteiger partial charge in [0.15, 0.2) is 5.60 Å². The minimum Gasteiger partial charge on any atom is -0.478 e. The highest BCUT2D eigenvalue weighted by Crippen LogP contribution is 2.39. The van der Waals surface area contributed by atoms with E-state index >= 15 is 0 Å². The van der Waals surface area contributed by atoms with Crippen molar-refractivity contribution in [3.8, 4) is 5.75 Å². The zero-order chi connectivity index (χ0) is 19.6. The van der Waals surface area contributed by atoms with Crippen LogP contribution in [0.25, 0.3) is 0 Å². The van der Waals surface area contributed by atoms with E-state index in [1.807, 2.05) is 0 Å². The number of methoxy groups -OCH3 is 1. The molecule has 0 unspecified atom stereocenters. The Morgan fingerprint density at radius 3 is 2.48 bits per heavy atom. The van der Waals surface area contributed by atoms with Gasteiger partial charge in [0.1, 0.15) is 10.8 Å². The van der Waals surface area contributed by atoms with Crippen LogP contribution in [0.1, 0.15) is 47.5 Å². The molecule has 1 aromatic heterocycles. The summed E-state index contributed by atoms with van der Waals surface area (Å²) in [6, 6.07) is 6.82. The molecule has 5 nitrogen and oxygen atoms in total. The lowest BCUT2D eigenvalue weighted by Crippen LogP contribution is -2.42. The van der Waals surface area contributed by atoms with Crippen molar-refractivity contribution in [1.82, 2.24) is 0 Å². The standard InChI is InChI=1S/C20H22ClNO4S/c1-20(2,26-13-10-8-12(21)9-11-13)19(24)22-17-16(18(23)25-3)14-6-4-5-7-15(14)27-17/h8-11H,4-7H2,1-3H3,(H,22,24). The third-order valence-electron chi connectivity index (χ3n) is 4.52. The fourth-order valence-electron chi connectivity index (χ4n) is 3.07. The second-order valence-corrected chi connectivity index (χ2v) is 8.47. The van der Waals surface area contributed by atoms with E-state index in [4.69, 9.17) is 21.1 Å². The van der Waals surface area contributed by atoms with Gasteiger partial charge in [-0.15, -0.1) is 11.3 Å². The Hall–Kier alpha value is -2.05. The van der Waals surface area contributed by atoms with Crippen molar-refractivity contribution in [2.24, 2.45) is 0 Å². The first-order valence-electron chi connectivity index (χ1n) is 8.80. The van der Waals surface area contributed by atoms with Crippen LogP contribution in [0.3, 0.4) is 0 Å². The number of esters is 1. The van der Waals surface area contributed by atoms with Gasteiger partial charge in [-0.25, -0.2) is 4.79 Å². The average Bonchev–Trinajstić information content (AvgIpc) is 3.00. The number of ether oxygens (including phenoxy) is 2. The van der Waals surface area contributed by atoms with Crippen LogP contribution in [-0.4, -0.2) is 24.6 Å². The summed E-state index contributed by atoms with van der Waals surface area (Å²) in [4.78, 5) is 26.3. The molecule has 0 saturated heterocycles. The molecular weight excluding hydrogens is 386 g/mol. The lowest BCUT2D eigenvalue weighted by molar-refractivity contribution is -0.128. The van der Waals surface area contributed by atoms with Crippen molar-refractivity contribution >= 4 is 39.8 Å². The quantitative estimate of drug-likeness (QED) is 0.718. The fraction of sp³-hybridized carbons (Fsp3) is 0.400. The summed E-state index contributed by atoms with van der Waals surface area (Å²) < 4.78 is 10.8. The zero-order valence-corrected chi connectivity index (χ0v) is 17.1. The molecule has 0 atom stereocenters. The molecule has 1 heterocycles. The van der Waals surface area contributed by atoms with Gasteiger partial charge in [-0.3, -0.25) is 4.79 Å². The Balaban J connectivity index is 1.83. The summed E-state index contributed by atoms with van der Waals surface area (Å²) in [5, 5.41) is 4.01. The predicted molar refractivity (Wildman–Crippen MR) is 107 cm³/mol. The van der Waals surface area contributed by atoms with Gasteiger partial charge in [-0.2, -0.15) is 0 Å². The Kier molecular flexibility index (Phi) is 5.77. The van der Waals surface area contributed by atoms with E-state index in [2.05, 4.69) is 5.32 Å². The van der Waals surface area contributed by atoms with Gasteiger partial charge in [0, 0.05) is 9.90 Å². The largest absolute Gasteiger partial charge is 0.478 e. The Labute approximate surface area is 167 Å². The van der Waals surface area contributed by atoms with Gasteiger partial charge in [-0.05, 0) is 69.4 Å². The van der Waals surface area contributed by atoms with Crippen LogP contribution < -0.4 is 10.1 Å². The smallest absolute Gasteiger partial charge is 0.341 e. The van der Waals surface area contributed by atoms with Crippen molar-refractivity contribution in [2.45, 2.75) is 45.1 Å². The van der Waals surface area contributed by atoms with Crippen LogP contribution >= 0.6 is 22.9 Å². The van der Waals surface area contributed by atoms with Crippen LogP contribution in [-0.2, 0) is 22.4 Å². The first-order valence-corrected chi connectivity index (χ1v) is 10.00. The molecule has 2 aromatic rings. The summed E-state index contributed by atoms with van der Waals surface area (Å²) in [7, 11) is 1.36. The van der Waals surface area contributed by atoms with E-state index in [1.54, 1.807) is 38.1 Å². The van der Waals surface area contributed by atoms with Crippen molar-refractivity contribution in [3.63, 3.8) is 0 Å². The highest BCUT2D eigenvalue weighted by atomic mass is 35.5. The van der Waals surface area contributed by atoms with Crippen LogP contribution in [0, 0.1) is 0 Å². The monoisotopic (exact) mass is 407 g/mol. The van der Waals surface area contributed by atoms with Gasteiger partial charge >= 0.3 is 5.97 Å². The number of aryl methyl sites for hydroxylation is 1. The maximum absolute atomic E-state index is 12.9. The third-order valence-corrected chi connectivity index (χ3v) is 5.98. The number of fused-ring (bicyclic) bond motifs is 1. The Bertz CT molecular complexity index is 858. The van der Waals surface area contributed by atoms with E-state index < -0.39 is 11.6 Å². The Morgan fingerprint density at radius 2 is 1.81 bits per heavy atom. The maximum Gasteiger partial charge on any atom is 0.341 e. The predicted octanol–water partition coefficient (Wildman–Crippen LogP) is 4.86. The molecule has 144 valence electrons. The van der Waals surface area contributed by atoms with E-state index in [0.29, 0.717) is 21.3 Å². The van der Waals surface area contributed by atoms with Gasteiger partial charge in [0.2, 0.25) is 0 Å². The molecule has 3 rings (SSSR count). The molecule has 27 heavy (non-hydrogen) atoms. The number of rotatable bonds is 5. The van der Waals surface area contributed by atoms with Crippen LogP contribution in [0.5, 0.6) is 5.75 Å². The SMILES string of the molecule is COC(=O)c1c(NC(=O)C(C)(C)Oc2ccc(Cl)cc2)sc2c1CCCC2. The minimum absolute atomic E-state index is 0.332. The molecule has 1 aromatic carbocycles. The van der Waals surface area contributed by atoms with Crippen molar-refractivity contribution < 1.29 is 19.1 Å². The second-order valence-electron chi connectivity index (χ2n) is 6.93.